The Kier molecular flexibility index (Phi) is 8.21. The molecule has 0 fully saturated rings. The number of ether oxygens (including phenoxy) is 2. The summed E-state index contributed by atoms with van der Waals surface area (Å²) in [5.41, 5.74) is 0.825. The number of aryl methyl sites for hydroxylation is 1. The summed E-state index contributed by atoms with van der Waals surface area (Å²) < 4.78 is 9.71. The zero-order valence-corrected chi connectivity index (χ0v) is 14.0. The van der Waals surface area contributed by atoms with E-state index < -0.39 is 11.9 Å². The molecule has 1 heterocycles. The lowest BCUT2D eigenvalue weighted by Gasteiger charge is -2.06. The van der Waals surface area contributed by atoms with Gasteiger partial charge in [0.25, 0.3) is 0 Å². The van der Waals surface area contributed by atoms with Gasteiger partial charge in [-0.2, -0.15) is 0 Å². The molecule has 0 unspecified atom stereocenters. The van der Waals surface area contributed by atoms with Crippen molar-refractivity contribution in [1.29, 1.82) is 0 Å². The average molecular weight is 326 g/mol. The zero-order valence-electron chi connectivity index (χ0n) is 13.2. The summed E-state index contributed by atoms with van der Waals surface area (Å²) in [6, 6.07) is 0. The molecule has 0 saturated heterocycles. The molecule has 0 radical (unpaired) electrons. The first-order chi connectivity index (χ1) is 10.6. The molecular weight excluding hydrogens is 304 g/mol. The highest BCUT2D eigenvalue weighted by Gasteiger charge is 2.21. The monoisotopic (exact) mass is 326 g/mol. The van der Waals surface area contributed by atoms with Crippen LogP contribution >= 0.6 is 11.3 Å². The van der Waals surface area contributed by atoms with Gasteiger partial charge in [-0.05, 0) is 26.7 Å². The minimum absolute atomic E-state index is 0.172. The van der Waals surface area contributed by atoms with E-state index in [1.807, 2.05) is 5.38 Å². The first kappa shape index (κ1) is 18.2. The van der Waals surface area contributed by atoms with Crippen LogP contribution in [0.2, 0.25) is 0 Å². The fraction of sp³-hybridized carbons (Fsp3) is 0.533. The van der Waals surface area contributed by atoms with Gasteiger partial charge in [0.1, 0.15) is 0 Å². The highest BCUT2D eigenvalue weighted by atomic mass is 32.1. The topological polar surface area (TPSA) is 77.5 Å². The number of carbonyl (C=O) groups excluding carboxylic acids is 2. The fourth-order valence-corrected chi connectivity index (χ4v) is 2.31. The highest BCUT2D eigenvalue weighted by molar-refractivity contribution is 7.13. The summed E-state index contributed by atoms with van der Waals surface area (Å²) in [6.07, 6.45) is 4.39. The predicted octanol–water partition coefficient (Wildman–Crippen LogP) is 2.91. The molecule has 7 heteroatoms. The summed E-state index contributed by atoms with van der Waals surface area (Å²) in [7, 11) is 0. The lowest BCUT2D eigenvalue weighted by Crippen LogP contribution is -2.19. The van der Waals surface area contributed by atoms with Crippen LogP contribution < -0.4 is 5.32 Å². The number of hydrogen-bond acceptors (Lipinski definition) is 7. The standard InChI is InChI=1S/C15H22N2O4S/c1-4-7-8-11-10-22-15(17-11)16-9-12(13(18)20-5-2)14(19)21-6-3/h9-10H,4-8H2,1-3H3,(H,16,17). The number of carbonyl (C=O) groups is 2. The Morgan fingerprint density at radius 1 is 1.23 bits per heavy atom. The van der Waals surface area contributed by atoms with Crippen molar-refractivity contribution in [2.45, 2.75) is 40.0 Å². The smallest absolute Gasteiger partial charge is 0.347 e. The maximum Gasteiger partial charge on any atom is 0.347 e. The average Bonchev–Trinajstić information content (AvgIpc) is 2.94. The third-order valence-electron chi connectivity index (χ3n) is 2.67. The van der Waals surface area contributed by atoms with Gasteiger partial charge in [-0.1, -0.05) is 13.3 Å². The number of nitrogens with one attached hydrogen (secondary N) is 1. The highest BCUT2D eigenvalue weighted by Crippen LogP contribution is 2.17. The Hall–Kier alpha value is -1.89. The largest absolute Gasteiger partial charge is 0.462 e. The van der Waals surface area contributed by atoms with Crippen molar-refractivity contribution in [3.05, 3.63) is 22.8 Å². The SMILES string of the molecule is CCCCc1csc(NC=C(C(=O)OCC)C(=O)OCC)n1. The molecule has 122 valence electrons. The summed E-state index contributed by atoms with van der Waals surface area (Å²) in [4.78, 5) is 27.9. The number of thiazole rings is 1. The quantitative estimate of drug-likeness (QED) is 0.325. The van der Waals surface area contributed by atoms with Crippen molar-refractivity contribution < 1.29 is 19.1 Å². The molecule has 0 aliphatic carbocycles. The Morgan fingerprint density at radius 3 is 2.41 bits per heavy atom. The van der Waals surface area contributed by atoms with Gasteiger partial charge in [-0.15, -0.1) is 11.3 Å². The molecule has 0 saturated carbocycles. The summed E-state index contributed by atoms with van der Waals surface area (Å²) in [5, 5.41) is 5.44. The summed E-state index contributed by atoms with van der Waals surface area (Å²) in [5.74, 6) is -1.42. The molecule has 0 amide bonds. The van der Waals surface area contributed by atoms with Crippen molar-refractivity contribution >= 4 is 28.4 Å². The molecule has 6 nitrogen and oxygen atoms in total. The van der Waals surface area contributed by atoms with E-state index in [1.165, 1.54) is 17.5 Å². The normalized spacial score (nSPS) is 9.95. The van der Waals surface area contributed by atoms with Gasteiger partial charge in [-0.25, -0.2) is 14.6 Å². The minimum atomic E-state index is -0.712. The van der Waals surface area contributed by atoms with Crippen molar-refractivity contribution in [1.82, 2.24) is 4.98 Å². The number of esters is 2. The summed E-state index contributed by atoms with van der Waals surface area (Å²) in [6.45, 7) is 5.85. The van der Waals surface area contributed by atoms with Crippen molar-refractivity contribution in [2.75, 3.05) is 18.5 Å². The molecule has 0 aromatic carbocycles. The van der Waals surface area contributed by atoms with Gasteiger partial charge < -0.3 is 14.8 Å². The number of anilines is 1. The van der Waals surface area contributed by atoms with E-state index >= 15 is 0 Å². The van der Waals surface area contributed by atoms with Crippen LogP contribution in [0.25, 0.3) is 0 Å². The van der Waals surface area contributed by atoms with Gasteiger partial charge in [0.2, 0.25) is 0 Å². The van der Waals surface area contributed by atoms with Crippen molar-refractivity contribution in [3.63, 3.8) is 0 Å². The maximum absolute atomic E-state index is 11.8. The minimum Gasteiger partial charge on any atom is -0.462 e. The second-order valence-corrected chi connectivity index (χ2v) is 5.25. The first-order valence-corrected chi connectivity index (χ1v) is 8.25. The molecule has 0 bridgehead atoms. The van der Waals surface area contributed by atoms with E-state index in [0.29, 0.717) is 5.13 Å². The Bertz CT molecular complexity index is 505. The molecule has 1 rings (SSSR count). The van der Waals surface area contributed by atoms with E-state index in [0.717, 1.165) is 25.0 Å². The van der Waals surface area contributed by atoms with Crippen LogP contribution in [-0.4, -0.2) is 30.1 Å². The third-order valence-corrected chi connectivity index (χ3v) is 3.49. The molecule has 0 atom stereocenters. The molecule has 1 aromatic heterocycles. The maximum atomic E-state index is 11.8. The number of rotatable bonds is 9. The number of hydrogen-bond donors (Lipinski definition) is 1. The number of nitrogens with zero attached hydrogens (tertiary/aromatic N) is 1. The van der Waals surface area contributed by atoms with Gasteiger partial charge >= 0.3 is 11.9 Å². The van der Waals surface area contributed by atoms with Crippen LogP contribution in [0.3, 0.4) is 0 Å². The Labute approximate surface area is 134 Å². The van der Waals surface area contributed by atoms with Crippen molar-refractivity contribution in [2.24, 2.45) is 0 Å². The fourth-order valence-electron chi connectivity index (χ4n) is 1.60. The molecule has 0 spiro atoms. The van der Waals surface area contributed by atoms with Crippen LogP contribution in [0.5, 0.6) is 0 Å². The molecule has 1 aromatic rings. The number of unbranched alkanes of at least 4 members (excludes halogenated alkanes) is 1. The van der Waals surface area contributed by atoms with E-state index in [-0.39, 0.29) is 18.8 Å². The first-order valence-electron chi connectivity index (χ1n) is 7.37. The second kappa shape index (κ2) is 9.94. The number of aromatic nitrogens is 1. The van der Waals surface area contributed by atoms with Crippen LogP contribution in [0.1, 0.15) is 39.3 Å². The van der Waals surface area contributed by atoms with E-state index in [1.54, 1.807) is 13.8 Å². The van der Waals surface area contributed by atoms with E-state index in [4.69, 9.17) is 9.47 Å². The van der Waals surface area contributed by atoms with Gasteiger partial charge in [0.05, 0.1) is 18.9 Å². The van der Waals surface area contributed by atoms with Crippen LogP contribution in [0.15, 0.2) is 17.2 Å². The van der Waals surface area contributed by atoms with Crippen molar-refractivity contribution in [3.8, 4) is 0 Å². The van der Waals surface area contributed by atoms with Gasteiger partial charge in [-0.3, -0.25) is 0 Å². The van der Waals surface area contributed by atoms with Gasteiger partial charge in [0.15, 0.2) is 10.7 Å². The predicted molar refractivity (Wildman–Crippen MR) is 85.7 cm³/mol. The Morgan fingerprint density at radius 2 is 1.86 bits per heavy atom. The zero-order chi connectivity index (χ0) is 16.4. The third kappa shape index (κ3) is 5.85. The Balaban J connectivity index is 2.76. The van der Waals surface area contributed by atoms with Crippen LogP contribution in [-0.2, 0) is 25.5 Å². The van der Waals surface area contributed by atoms with E-state index in [2.05, 4.69) is 17.2 Å². The van der Waals surface area contributed by atoms with Crippen LogP contribution in [0.4, 0.5) is 5.13 Å². The summed E-state index contributed by atoms with van der Waals surface area (Å²) >= 11 is 1.42. The lowest BCUT2D eigenvalue weighted by atomic mass is 10.2. The molecule has 0 aliphatic heterocycles. The molecule has 22 heavy (non-hydrogen) atoms. The molecular formula is C15H22N2O4S. The molecule has 1 N–H and O–H groups in total. The van der Waals surface area contributed by atoms with Gasteiger partial charge in [0, 0.05) is 11.6 Å². The van der Waals surface area contributed by atoms with Crippen LogP contribution in [0, 0.1) is 0 Å². The lowest BCUT2D eigenvalue weighted by molar-refractivity contribution is -0.146. The second-order valence-electron chi connectivity index (χ2n) is 4.39. The molecule has 0 aliphatic rings. The van der Waals surface area contributed by atoms with E-state index in [9.17, 15) is 9.59 Å².